The third-order valence-electron chi connectivity index (χ3n) is 2.20. The fourth-order valence-electron chi connectivity index (χ4n) is 1.53. The van der Waals surface area contributed by atoms with Crippen molar-refractivity contribution in [1.29, 1.82) is 0 Å². The van der Waals surface area contributed by atoms with Crippen molar-refractivity contribution in [3.63, 3.8) is 0 Å². The quantitative estimate of drug-likeness (QED) is 0.702. The molecule has 66 valence electrons. The van der Waals surface area contributed by atoms with Gasteiger partial charge in [0.15, 0.2) is 0 Å². The van der Waals surface area contributed by atoms with Gasteiger partial charge in [-0.3, -0.25) is 4.68 Å². The van der Waals surface area contributed by atoms with Gasteiger partial charge in [-0.1, -0.05) is 0 Å². The molecule has 0 bridgehead atoms. The molecule has 0 spiro atoms. The maximum absolute atomic E-state index is 13.8. The molecule has 1 aliphatic rings. The molecule has 1 aromatic heterocycles. The van der Waals surface area contributed by atoms with Gasteiger partial charge in [-0.25, -0.2) is 4.39 Å². The van der Waals surface area contributed by atoms with Crippen molar-refractivity contribution in [2.24, 2.45) is 0 Å². The highest BCUT2D eigenvalue weighted by molar-refractivity contribution is 4.90. The summed E-state index contributed by atoms with van der Waals surface area (Å²) in [7, 11) is 0. The Labute approximate surface area is 70.6 Å². The maximum Gasteiger partial charge on any atom is 0.144 e. The first-order valence-corrected chi connectivity index (χ1v) is 4.16. The van der Waals surface area contributed by atoms with Gasteiger partial charge in [-0.15, -0.1) is 0 Å². The van der Waals surface area contributed by atoms with Crippen molar-refractivity contribution in [3.8, 4) is 0 Å². The Hall–Kier alpha value is -0.900. The summed E-state index contributed by atoms with van der Waals surface area (Å²) < 4.78 is 15.4. The van der Waals surface area contributed by atoms with Crippen molar-refractivity contribution < 1.29 is 4.39 Å². The molecule has 0 aromatic carbocycles. The van der Waals surface area contributed by atoms with Gasteiger partial charge in [0, 0.05) is 18.9 Å². The lowest BCUT2D eigenvalue weighted by atomic mass is 10.1. The van der Waals surface area contributed by atoms with Gasteiger partial charge < -0.3 is 5.32 Å². The van der Waals surface area contributed by atoms with Crippen LogP contribution in [-0.2, 0) is 6.54 Å². The van der Waals surface area contributed by atoms with E-state index in [0.717, 1.165) is 6.54 Å². The summed E-state index contributed by atoms with van der Waals surface area (Å²) in [6.45, 7) is 1.59. The van der Waals surface area contributed by atoms with Crippen molar-refractivity contribution in [1.82, 2.24) is 15.1 Å². The zero-order valence-electron chi connectivity index (χ0n) is 6.83. The molecular weight excluding hydrogens is 157 g/mol. The zero-order chi connectivity index (χ0) is 8.44. The number of hydrogen-bond acceptors (Lipinski definition) is 2. The molecule has 1 aliphatic heterocycles. The Balaban J connectivity index is 2.02. The van der Waals surface area contributed by atoms with E-state index in [-0.39, 0.29) is 0 Å². The number of aromatic nitrogens is 2. The summed E-state index contributed by atoms with van der Waals surface area (Å²) in [4.78, 5) is 0. The molecule has 1 N–H and O–H groups in total. The molecule has 1 aromatic rings. The second kappa shape index (κ2) is 2.86. The Morgan fingerprint density at radius 2 is 2.58 bits per heavy atom. The lowest BCUT2D eigenvalue weighted by Crippen LogP contribution is -2.31. The number of nitrogens with zero attached hydrogens (tertiary/aromatic N) is 2. The number of nitrogens with one attached hydrogen (secondary N) is 1. The van der Waals surface area contributed by atoms with Crippen molar-refractivity contribution >= 4 is 0 Å². The van der Waals surface area contributed by atoms with Gasteiger partial charge >= 0.3 is 0 Å². The van der Waals surface area contributed by atoms with Crippen LogP contribution >= 0.6 is 0 Å². The molecule has 1 unspecified atom stereocenters. The summed E-state index contributed by atoms with van der Waals surface area (Å²) in [6.07, 6.45) is 4.05. The highest BCUT2D eigenvalue weighted by Gasteiger charge is 2.33. The molecule has 0 saturated carbocycles. The van der Waals surface area contributed by atoms with Crippen molar-refractivity contribution in [3.05, 3.63) is 18.5 Å². The molecule has 2 heterocycles. The summed E-state index contributed by atoms with van der Waals surface area (Å²) in [5, 5.41) is 6.98. The normalized spacial score (nSPS) is 29.4. The van der Waals surface area contributed by atoms with E-state index in [9.17, 15) is 4.39 Å². The maximum atomic E-state index is 13.8. The van der Waals surface area contributed by atoms with Crippen LogP contribution in [0.2, 0.25) is 0 Å². The summed E-state index contributed by atoms with van der Waals surface area (Å²) in [6, 6.07) is 1.81. The van der Waals surface area contributed by atoms with Gasteiger partial charge in [-0.2, -0.15) is 5.10 Å². The van der Waals surface area contributed by atoms with Gasteiger partial charge in [0.05, 0.1) is 6.54 Å². The highest BCUT2D eigenvalue weighted by Crippen LogP contribution is 2.21. The molecule has 0 amide bonds. The molecule has 1 fully saturated rings. The first-order valence-electron chi connectivity index (χ1n) is 4.16. The predicted octanol–water partition coefficient (Wildman–Crippen LogP) is 0.585. The Bertz CT molecular complexity index is 239. The molecular formula is C8H12FN3. The largest absolute Gasteiger partial charge is 0.313 e. The third kappa shape index (κ3) is 1.48. The molecule has 0 radical (unpaired) electrons. The van der Waals surface area contributed by atoms with E-state index in [1.807, 2.05) is 6.07 Å². The fourth-order valence-corrected chi connectivity index (χ4v) is 1.53. The van der Waals surface area contributed by atoms with Crippen LogP contribution in [-0.4, -0.2) is 28.5 Å². The zero-order valence-corrected chi connectivity index (χ0v) is 6.83. The predicted molar refractivity (Wildman–Crippen MR) is 43.6 cm³/mol. The van der Waals surface area contributed by atoms with E-state index in [1.54, 1.807) is 17.1 Å². The van der Waals surface area contributed by atoms with E-state index in [4.69, 9.17) is 0 Å². The van der Waals surface area contributed by atoms with Crippen LogP contribution in [0.4, 0.5) is 4.39 Å². The second-order valence-corrected chi connectivity index (χ2v) is 3.28. The lowest BCUT2D eigenvalue weighted by molar-refractivity contribution is 0.155. The van der Waals surface area contributed by atoms with Crippen LogP contribution in [0.25, 0.3) is 0 Å². The van der Waals surface area contributed by atoms with Gasteiger partial charge in [-0.05, 0) is 19.0 Å². The SMILES string of the molecule is FC1(Cn2cccn2)CCNC1. The topological polar surface area (TPSA) is 29.9 Å². The van der Waals surface area contributed by atoms with E-state index in [0.29, 0.717) is 19.5 Å². The van der Waals surface area contributed by atoms with Crippen molar-refractivity contribution in [2.45, 2.75) is 18.6 Å². The summed E-state index contributed by atoms with van der Waals surface area (Å²) in [5.74, 6) is 0. The molecule has 12 heavy (non-hydrogen) atoms. The molecule has 3 nitrogen and oxygen atoms in total. The van der Waals surface area contributed by atoms with Crippen LogP contribution in [0.3, 0.4) is 0 Å². The van der Waals surface area contributed by atoms with Gasteiger partial charge in [0.1, 0.15) is 5.67 Å². The van der Waals surface area contributed by atoms with E-state index in [1.165, 1.54) is 0 Å². The Morgan fingerprint density at radius 3 is 3.17 bits per heavy atom. The Morgan fingerprint density at radius 1 is 1.67 bits per heavy atom. The molecule has 2 rings (SSSR count). The average Bonchev–Trinajstić information content (AvgIpc) is 2.62. The van der Waals surface area contributed by atoms with Crippen LogP contribution in [0, 0.1) is 0 Å². The monoisotopic (exact) mass is 169 g/mol. The molecule has 0 aliphatic carbocycles. The van der Waals surface area contributed by atoms with Crippen LogP contribution in [0.5, 0.6) is 0 Å². The number of alkyl halides is 1. The highest BCUT2D eigenvalue weighted by atomic mass is 19.1. The first-order chi connectivity index (χ1) is 5.79. The van der Waals surface area contributed by atoms with Crippen LogP contribution < -0.4 is 5.32 Å². The minimum atomic E-state index is -1.09. The van der Waals surface area contributed by atoms with E-state index < -0.39 is 5.67 Å². The lowest BCUT2D eigenvalue weighted by Gasteiger charge is -2.17. The van der Waals surface area contributed by atoms with Crippen LogP contribution in [0.15, 0.2) is 18.5 Å². The number of halogens is 1. The standard InChI is InChI=1S/C8H12FN3/c9-8(2-4-10-6-8)7-12-5-1-3-11-12/h1,3,5,10H,2,4,6-7H2. The third-order valence-corrected chi connectivity index (χ3v) is 2.20. The Kier molecular flexibility index (Phi) is 1.84. The molecule has 4 heteroatoms. The molecule has 1 saturated heterocycles. The van der Waals surface area contributed by atoms with Crippen molar-refractivity contribution in [2.75, 3.05) is 13.1 Å². The second-order valence-electron chi connectivity index (χ2n) is 3.28. The number of hydrogen-bond donors (Lipinski definition) is 1. The average molecular weight is 169 g/mol. The van der Waals surface area contributed by atoms with Gasteiger partial charge in [0.25, 0.3) is 0 Å². The molecule has 1 atom stereocenters. The first kappa shape index (κ1) is 7.73. The van der Waals surface area contributed by atoms with E-state index in [2.05, 4.69) is 10.4 Å². The fraction of sp³-hybridized carbons (Fsp3) is 0.625. The summed E-state index contributed by atoms with van der Waals surface area (Å²) >= 11 is 0. The van der Waals surface area contributed by atoms with Crippen LogP contribution in [0.1, 0.15) is 6.42 Å². The summed E-state index contributed by atoms with van der Waals surface area (Å²) in [5.41, 5.74) is -1.09. The number of rotatable bonds is 2. The smallest absolute Gasteiger partial charge is 0.144 e. The minimum Gasteiger partial charge on any atom is -0.313 e. The van der Waals surface area contributed by atoms with Gasteiger partial charge in [0.2, 0.25) is 0 Å². The minimum absolute atomic E-state index is 0.368. The van der Waals surface area contributed by atoms with E-state index >= 15 is 0 Å².